The summed E-state index contributed by atoms with van der Waals surface area (Å²) in [5.74, 6) is 0.130. The summed E-state index contributed by atoms with van der Waals surface area (Å²) in [6, 6.07) is 5.63. The predicted molar refractivity (Wildman–Crippen MR) is 72.8 cm³/mol. The second kappa shape index (κ2) is 5.44. The van der Waals surface area contributed by atoms with Crippen molar-refractivity contribution in [2.24, 2.45) is 5.92 Å². The molecule has 2 rings (SSSR count). The Morgan fingerprint density at radius 2 is 2.22 bits per heavy atom. The van der Waals surface area contributed by atoms with Gasteiger partial charge in [0.25, 0.3) is 0 Å². The summed E-state index contributed by atoms with van der Waals surface area (Å²) in [4.78, 5) is 14.8. The second-order valence-electron chi connectivity index (χ2n) is 4.73. The summed E-state index contributed by atoms with van der Waals surface area (Å²) in [6.45, 7) is 4.47. The summed E-state index contributed by atoms with van der Waals surface area (Å²) in [5.41, 5.74) is 1.82. The summed E-state index contributed by atoms with van der Waals surface area (Å²) < 4.78 is 5.17. The van der Waals surface area contributed by atoms with Crippen LogP contribution in [-0.2, 0) is 16.0 Å². The molecule has 1 aromatic carbocycles. The monoisotopic (exact) mass is 265 g/mol. The van der Waals surface area contributed by atoms with Crippen molar-refractivity contribution >= 4 is 28.5 Å². The van der Waals surface area contributed by atoms with Gasteiger partial charge in [0.2, 0.25) is 0 Å². The van der Waals surface area contributed by atoms with E-state index in [4.69, 9.17) is 16.3 Å². The molecule has 3 nitrogen and oxygen atoms in total. The molecular formula is C14H16ClNO2. The van der Waals surface area contributed by atoms with Crippen molar-refractivity contribution in [1.29, 1.82) is 0 Å². The molecular weight excluding hydrogens is 250 g/mol. The van der Waals surface area contributed by atoms with Crippen LogP contribution in [-0.4, -0.2) is 17.6 Å². The van der Waals surface area contributed by atoms with Crippen molar-refractivity contribution in [3.05, 3.63) is 35.0 Å². The zero-order valence-electron chi connectivity index (χ0n) is 10.5. The molecule has 0 amide bonds. The second-order valence-corrected chi connectivity index (χ2v) is 5.14. The van der Waals surface area contributed by atoms with E-state index >= 15 is 0 Å². The van der Waals surface area contributed by atoms with E-state index in [1.54, 1.807) is 0 Å². The van der Waals surface area contributed by atoms with Crippen LogP contribution in [0, 0.1) is 5.92 Å². The van der Waals surface area contributed by atoms with Crippen molar-refractivity contribution in [2.75, 3.05) is 6.61 Å². The van der Waals surface area contributed by atoms with E-state index in [0.29, 0.717) is 17.5 Å². The first kappa shape index (κ1) is 13.0. The first-order valence-electron chi connectivity index (χ1n) is 5.98. The number of nitrogens with one attached hydrogen (secondary N) is 1. The van der Waals surface area contributed by atoms with Crippen molar-refractivity contribution < 1.29 is 9.53 Å². The lowest BCUT2D eigenvalue weighted by molar-refractivity contribution is -0.143. The quantitative estimate of drug-likeness (QED) is 0.859. The minimum Gasteiger partial charge on any atom is -0.465 e. The van der Waals surface area contributed by atoms with E-state index in [-0.39, 0.29) is 12.4 Å². The Balaban J connectivity index is 2.15. The van der Waals surface area contributed by atoms with Crippen LogP contribution in [0.25, 0.3) is 10.9 Å². The number of ether oxygens (including phenoxy) is 1. The van der Waals surface area contributed by atoms with Crippen LogP contribution in [0.5, 0.6) is 0 Å². The molecule has 18 heavy (non-hydrogen) atoms. The van der Waals surface area contributed by atoms with E-state index in [9.17, 15) is 4.79 Å². The highest BCUT2D eigenvalue weighted by atomic mass is 35.5. The van der Waals surface area contributed by atoms with Crippen molar-refractivity contribution in [1.82, 2.24) is 4.98 Å². The van der Waals surface area contributed by atoms with Gasteiger partial charge in [-0.2, -0.15) is 0 Å². The van der Waals surface area contributed by atoms with Crippen LogP contribution in [0.3, 0.4) is 0 Å². The first-order valence-corrected chi connectivity index (χ1v) is 6.36. The fraction of sp³-hybridized carbons (Fsp3) is 0.357. The molecule has 96 valence electrons. The molecule has 0 atom stereocenters. The lowest BCUT2D eigenvalue weighted by atomic mass is 10.1. The third kappa shape index (κ3) is 2.85. The Kier molecular flexibility index (Phi) is 3.92. The number of fused-ring (bicyclic) bond motifs is 1. The predicted octanol–water partition coefficient (Wildman–Crippen LogP) is 3.56. The molecule has 2 aromatic rings. The van der Waals surface area contributed by atoms with E-state index in [2.05, 4.69) is 4.98 Å². The number of benzene rings is 1. The van der Waals surface area contributed by atoms with Gasteiger partial charge in [-0.25, -0.2) is 0 Å². The molecule has 0 saturated carbocycles. The maximum Gasteiger partial charge on any atom is 0.310 e. The molecule has 0 saturated heterocycles. The highest BCUT2D eigenvalue weighted by molar-refractivity contribution is 6.35. The van der Waals surface area contributed by atoms with Crippen molar-refractivity contribution in [2.45, 2.75) is 20.3 Å². The molecule has 0 aliphatic rings. The van der Waals surface area contributed by atoms with Crippen molar-refractivity contribution in [3.8, 4) is 0 Å². The molecule has 1 aromatic heterocycles. The SMILES string of the molecule is CC(C)COC(=O)Cc1c[nH]c2cccc(Cl)c12. The lowest BCUT2D eigenvalue weighted by Gasteiger charge is -2.06. The van der Waals surface area contributed by atoms with Gasteiger partial charge in [0.1, 0.15) is 0 Å². The van der Waals surface area contributed by atoms with E-state index in [1.165, 1.54) is 0 Å². The fourth-order valence-electron chi connectivity index (χ4n) is 1.81. The third-order valence-corrected chi connectivity index (χ3v) is 2.96. The summed E-state index contributed by atoms with van der Waals surface area (Å²) in [7, 11) is 0. The van der Waals surface area contributed by atoms with Crippen LogP contribution in [0.4, 0.5) is 0 Å². The zero-order valence-corrected chi connectivity index (χ0v) is 11.3. The van der Waals surface area contributed by atoms with E-state index in [0.717, 1.165) is 16.5 Å². The van der Waals surface area contributed by atoms with Gasteiger partial charge < -0.3 is 9.72 Å². The fourth-order valence-corrected chi connectivity index (χ4v) is 2.11. The molecule has 1 heterocycles. The van der Waals surface area contributed by atoms with Gasteiger partial charge in [0.05, 0.1) is 18.1 Å². The van der Waals surface area contributed by atoms with Crippen LogP contribution in [0.2, 0.25) is 5.02 Å². The van der Waals surface area contributed by atoms with Gasteiger partial charge in [0, 0.05) is 17.1 Å². The Bertz CT molecular complexity index is 560. The highest BCUT2D eigenvalue weighted by Gasteiger charge is 2.12. The maximum absolute atomic E-state index is 11.7. The Morgan fingerprint density at radius 1 is 1.44 bits per heavy atom. The highest BCUT2D eigenvalue weighted by Crippen LogP contribution is 2.26. The van der Waals surface area contributed by atoms with Gasteiger partial charge in [-0.1, -0.05) is 31.5 Å². The number of esters is 1. The topological polar surface area (TPSA) is 42.1 Å². The summed E-state index contributed by atoms with van der Waals surface area (Å²) in [6.07, 6.45) is 2.06. The van der Waals surface area contributed by atoms with Gasteiger partial charge in [-0.05, 0) is 23.6 Å². The van der Waals surface area contributed by atoms with E-state index < -0.39 is 0 Å². The number of carbonyl (C=O) groups excluding carboxylic acids is 1. The Labute approximate surface area is 111 Å². The molecule has 0 radical (unpaired) electrons. The van der Waals surface area contributed by atoms with E-state index in [1.807, 2.05) is 38.2 Å². The molecule has 0 aliphatic carbocycles. The number of rotatable bonds is 4. The first-order chi connectivity index (χ1) is 8.58. The smallest absolute Gasteiger partial charge is 0.310 e. The standard InChI is InChI=1S/C14H16ClNO2/c1-9(2)8-18-13(17)6-10-7-16-12-5-3-4-11(15)14(10)12/h3-5,7,9,16H,6,8H2,1-2H3. The normalized spacial score (nSPS) is 11.1. The van der Waals surface area contributed by atoms with Crippen LogP contribution in [0.15, 0.2) is 24.4 Å². The number of hydrogen-bond donors (Lipinski definition) is 1. The van der Waals surface area contributed by atoms with Crippen molar-refractivity contribution in [3.63, 3.8) is 0 Å². The average Bonchev–Trinajstić information content (AvgIpc) is 2.71. The summed E-state index contributed by atoms with van der Waals surface area (Å²) in [5, 5.41) is 1.56. The molecule has 0 aliphatic heterocycles. The molecule has 4 heteroatoms. The number of H-pyrrole nitrogens is 1. The number of aromatic amines is 1. The molecule has 0 spiro atoms. The van der Waals surface area contributed by atoms with Gasteiger partial charge >= 0.3 is 5.97 Å². The Morgan fingerprint density at radius 3 is 2.94 bits per heavy atom. The van der Waals surface area contributed by atoms with Crippen LogP contribution in [0.1, 0.15) is 19.4 Å². The third-order valence-electron chi connectivity index (χ3n) is 2.65. The largest absolute Gasteiger partial charge is 0.465 e. The minimum atomic E-state index is -0.218. The summed E-state index contributed by atoms with van der Waals surface area (Å²) >= 11 is 6.14. The van der Waals surface area contributed by atoms with Gasteiger partial charge in [0.15, 0.2) is 0 Å². The number of carbonyl (C=O) groups is 1. The number of hydrogen-bond acceptors (Lipinski definition) is 2. The maximum atomic E-state index is 11.7. The molecule has 0 bridgehead atoms. The molecule has 0 unspecified atom stereocenters. The van der Waals surface area contributed by atoms with Crippen LogP contribution >= 0.6 is 11.6 Å². The minimum absolute atomic E-state index is 0.218. The van der Waals surface area contributed by atoms with Gasteiger partial charge in [-0.3, -0.25) is 4.79 Å². The number of halogens is 1. The molecule has 0 fully saturated rings. The van der Waals surface area contributed by atoms with Gasteiger partial charge in [-0.15, -0.1) is 0 Å². The lowest BCUT2D eigenvalue weighted by Crippen LogP contribution is -2.12. The number of aromatic nitrogens is 1. The zero-order chi connectivity index (χ0) is 13.1. The average molecular weight is 266 g/mol. The Hall–Kier alpha value is -1.48. The molecule has 1 N–H and O–H groups in total. The van der Waals surface area contributed by atoms with Crippen LogP contribution < -0.4 is 0 Å².